The molecule has 0 spiro atoms. The van der Waals surface area contributed by atoms with E-state index in [0.29, 0.717) is 31.1 Å². The highest BCUT2D eigenvalue weighted by Gasteiger charge is 2.20. The van der Waals surface area contributed by atoms with Crippen molar-refractivity contribution >= 4 is 11.6 Å². The van der Waals surface area contributed by atoms with Gasteiger partial charge in [-0.15, -0.1) is 0 Å². The SMILES string of the molecule is COc1cccc(N2CCN(Cc3nc(C(=O)NCCc4ccccc4OC)co3)CC2)c1. The number of benzene rings is 2. The second-order valence-electron chi connectivity index (χ2n) is 7.91. The molecular formula is C25H30N4O4. The fourth-order valence-electron chi connectivity index (χ4n) is 3.96. The van der Waals surface area contributed by atoms with E-state index in [1.165, 1.54) is 6.26 Å². The van der Waals surface area contributed by atoms with E-state index in [1.54, 1.807) is 14.2 Å². The monoisotopic (exact) mass is 450 g/mol. The lowest BCUT2D eigenvalue weighted by Gasteiger charge is -2.35. The molecule has 1 saturated heterocycles. The molecule has 1 N–H and O–H groups in total. The molecule has 1 aliphatic heterocycles. The Hall–Kier alpha value is -3.52. The zero-order valence-corrected chi connectivity index (χ0v) is 19.1. The largest absolute Gasteiger partial charge is 0.497 e. The van der Waals surface area contributed by atoms with Gasteiger partial charge >= 0.3 is 0 Å². The molecule has 174 valence electrons. The molecule has 8 heteroatoms. The van der Waals surface area contributed by atoms with Crippen LogP contribution in [0.25, 0.3) is 0 Å². The highest BCUT2D eigenvalue weighted by molar-refractivity contribution is 5.91. The van der Waals surface area contributed by atoms with E-state index >= 15 is 0 Å². The number of rotatable bonds is 9. The van der Waals surface area contributed by atoms with Crippen LogP contribution in [0.4, 0.5) is 5.69 Å². The van der Waals surface area contributed by atoms with Gasteiger partial charge in [-0.3, -0.25) is 9.69 Å². The van der Waals surface area contributed by atoms with E-state index in [-0.39, 0.29) is 5.91 Å². The molecule has 0 unspecified atom stereocenters. The van der Waals surface area contributed by atoms with Crippen LogP contribution in [-0.4, -0.2) is 62.7 Å². The first-order valence-corrected chi connectivity index (χ1v) is 11.1. The van der Waals surface area contributed by atoms with Crippen molar-refractivity contribution in [2.24, 2.45) is 0 Å². The number of nitrogens with zero attached hydrogens (tertiary/aromatic N) is 3. The fourth-order valence-corrected chi connectivity index (χ4v) is 3.96. The Kier molecular flexibility index (Phi) is 7.47. The molecular weight excluding hydrogens is 420 g/mol. The first kappa shape index (κ1) is 22.7. The molecule has 0 bridgehead atoms. The summed E-state index contributed by atoms with van der Waals surface area (Å²) in [5.74, 6) is 2.01. The predicted octanol–water partition coefficient (Wildman–Crippen LogP) is 2.99. The molecule has 1 aliphatic rings. The number of aromatic nitrogens is 1. The third kappa shape index (κ3) is 5.84. The van der Waals surface area contributed by atoms with Gasteiger partial charge in [0.1, 0.15) is 17.8 Å². The summed E-state index contributed by atoms with van der Waals surface area (Å²) in [6.07, 6.45) is 2.11. The Balaban J connectivity index is 1.23. The van der Waals surface area contributed by atoms with Crippen LogP contribution >= 0.6 is 0 Å². The molecule has 8 nitrogen and oxygen atoms in total. The van der Waals surface area contributed by atoms with Crippen molar-refractivity contribution in [3.05, 3.63) is 71.9 Å². The van der Waals surface area contributed by atoms with Crippen LogP contribution in [0.15, 0.2) is 59.2 Å². The summed E-state index contributed by atoms with van der Waals surface area (Å²) in [5, 5.41) is 2.90. The topological polar surface area (TPSA) is 80.1 Å². The van der Waals surface area contributed by atoms with E-state index in [0.717, 1.165) is 48.9 Å². The smallest absolute Gasteiger partial charge is 0.273 e. The van der Waals surface area contributed by atoms with Crippen LogP contribution in [0.2, 0.25) is 0 Å². The number of oxazole rings is 1. The van der Waals surface area contributed by atoms with Crippen LogP contribution < -0.4 is 19.7 Å². The molecule has 1 aromatic heterocycles. The van der Waals surface area contributed by atoms with Gasteiger partial charge in [0.2, 0.25) is 5.89 Å². The van der Waals surface area contributed by atoms with Gasteiger partial charge in [0.25, 0.3) is 5.91 Å². The normalized spacial score (nSPS) is 14.2. The van der Waals surface area contributed by atoms with Gasteiger partial charge < -0.3 is 24.1 Å². The number of carbonyl (C=O) groups excluding carboxylic acids is 1. The van der Waals surface area contributed by atoms with Crippen molar-refractivity contribution in [1.82, 2.24) is 15.2 Å². The average molecular weight is 451 g/mol. The molecule has 1 fully saturated rings. The summed E-state index contributed by atoms with van der Waals surface area (Å²) in [6.45, 7) is 4.67. The van der Waals surface area contributed by atoms with E-state index in [1.807, 2.05) is 36.4 Å². The molecule has 1 amide bonds. The Morgan fingerprint density at radius 3 is 2.67 bits per heavy atom. The molecule has 0 radical (unpaired) electrons. The van der Waals surface area contributed by atoms with Crippen LogP contribution in [0.1, 0.15) is 21.9 Å². The maximum Gasteiger partial charge on any atom is 0.273 e. The Morgan fingerprint density at radius 2 is 1.88 bits per heavy atom. The second kappa shape index (κ2) is 10.9. The van der Waals surface area contributed by atoms with E-state index in [9.17, 15) is 4.79 Å². The molecule has 3 aromatic rings. The highest BCUT2D eigenvalue weighted by atomic mass is 16.5. The zero-order chi connectivity index (χ0) is 23.0. The molecule has 0 saturated carbocycles. The average Bonchev–Trinajstić information content (AvgIpc) is 3.33. The summed E-state index contributed by atoms with van der Waals surface area (Å²) in [5.41, 5.74) is 2.52. The summed E-state index contributed by atoms with van der Waals surface area (Å²) < 4.78 is 16.2. The van der Waals surface area contributed by atoms with Crippen LogP contribution in [0.3, 0.4) is 0 Å². The Bertz CT molecular complexity index is 1060. The molecule has 2 aromatic carbocycles. The number of carbonyl (C=O) groups is 1. The van der Waals surface area contributed by atoms with Crippen molar-refractivity contribution in [1.29, 1.82) is 0 Å². The van der Waals surface area contributed by atoms with E-state index in [2.05, 4.69) is 32.2 Å². The number of anilines is 1. The number of hydrogen-bond donors (Lipinski definition) is 1. The first-order valence-electron chi connectivity index (χ1n) is 11.1. The van der Waals surface area contributed by atoms with Crippen LogP contribution in [-0.2, 0) is 13.0 Å². The fraction of sp³-hybridized carbons (Fsp3) is 0.360. The number of hydrogen-bond acceptors (Lipinski definition) is 7. The van der Waals surface area contributed by atoms with Gasteiger partial charge in [-0.2, -0.15) is 0 Å². The van der Waals surface area contributed by atoms with Crippen LogP contribution in [0.5, 0.6) is 11.5 Å². The highest BCUT2D eigenvalue weighted by Crippen LogP contribution is 2.22. The number of nitrogens with one attached hydrogen (secondary N) is 1. The minimum atomic E-state index is -0.234. The minimum Gasteiger partial charge on any atom is -0.497 e. The standard InChI is InChI=1S/C25H30N4O4/c1-31-21-8-5-7-20(16-21)29-14-12-28(13-15-29)17-24-27-22(18-33-24)25(30)26-11-10-19-6-3-4-9-23(19)32-2/h3-9,16,18H,10-15,17H2,1-2H3,(H,26,30). The summed E-state index contributed by atoms with van der Waals surface area (Å²) in [7, 11) is 3.33. The van der Waals surface area contributed by atoms with Crippen molar-refractivity contribution in [3.63, 3.8) is 0 Å². The maximum atomic E-state index is 12.5. The van der Waals surface area contributed by atoms with Crippen molar-refractivity contribution < 1.29 is 18.7 Å². The summed E-state index contributed by atoms with van der Waals surface area (Å²) in [6, 6.07) is 15.9. The number of methoxy groups -OCH3 is 2. The lowest BCUT2D eigenvalue weighted by Crippen LogP contribution is -2.46. The third-order valence-corrected chi connectivity index (χ3v) is 5.81. The summed E-state index contributed by atoms with van der Waals surface area (Å²) in [4.78, 5) is 21.5. The number of para-hydroxylation sites is 1. The van der Waals surface area contributed by atoms with E-state index in [4.69, 9.17) is 13.9 Å². The lowest BCUT2D eigenvalue weighted by molar-refractivity contribution is 0.0949. The molecule has 2 heterocycles. The summed E-state index contributed by atoms with van der Waals surface area (Å²) >= 11 is 0. The first-order chi connectivity index (χ1) is 16.2. The third-order valence-electron chi connectivity index (χ3n) is 5.81. The van der Waals surface area contributed by atoms with Crippen molar-refractivity contribution in [2.45, 2.75) is 13.0 Å². The second-order valence-corrected chi connectivity index (χ2v) is 7.91. The molecule has 0 atom stereocenters. The van der Waals surface area contributed by atoms with E-state index < -0.39 is 0 Å². The number of piperazine rings is 1. The molecule has 0 aliphatic carbocycles. The predicted molar refractivity (Wildman–Crippen MR) is 126 cm³/mol. The van der Waals surface area contributed by atoms with Gasteiger partial charge in [0.05, 0.1) is 20.8 Å². The number of amides is 1. The van der Waals surface area contributed by atoms with Gasteiger partial charge in [-0.25, -0.2) is 4.98 Å². The quantitative estimate of drug-likeness (QED) is 0.537. The van der Waals surface area contributed by atoms with Crippen LogP contribution in [0, 0.1) is 0 Å². The van der Waals surface area contributed by atoms with Gasteiger partial charge in [0.15, 0.2) is 5.69 Å². The van der Waals surface area contributed by atoms with Crippen molar-refractivity contribution in [2.75, 3.05) is 51.8 Å². The zero-order valence-electron chi connectivity index (χ0n) is 19.1. The Morgan fingerprint density at radius 1 is 1.06 bits per heavy atom. The molecule has 33 heavy (non-hydrogen) atoms. The van der Waals surface area contributed by atoms with Gasteiger partial charge in [-0.1, -0.05) is 24.3 Å². The number of ether oxygens (including phenoxy) is 2. The minimum absolute atomic E-state index is 0.234. The Labute approximate surface area is 194 Å². The maximum absolute atomic E-state index is 12.5. The van der Waals surface area contributed by atoms with Gasteiger partial charge in [0, 0.05) is 44.5 Å². The van der Waals surface area contributed by atoms with Gasteiger partial charge in [-0.05, 0) is 30.2 Å². The molecule has 4 rings (SSSR count). The van der Waals surface area contributed by atoms with Crippen molar-refractivity contribution in [3.8, 4) is 11.5 Å². The lowest BCUT2D eigenvalue weighted by atomic mass is 10.1.